The van der Waals surface area contributed by atoms with Gasteiger partial charge in [-0.2, -0.15) is 0 Å². The van der Waals surface area contributed by atoms with Crippen LogP contribution in [0.1, 0.15) is 22.2 Å². The molecule has 0 radical (unpaired) electrons. The molecule has 0 aliphatic rings. The Labute approximate surface area is 127 Å². The Bertz CT molecular complexity index is 626. The van der Waals surface area contributed by atoms with Crippen LogP contribution in [0.3, 0.4) is 0 Å². The van der Waals surface area contributed by atoms with E-state index in [9.17, 15) is 14.9 Å². The maximum absolute atomic E-state index is 12.3. The van der Waals surface area contributed by atoms with Gasteiger partial charge in [0.1, 0.15) is 0 Å². The molecule has 0 spiro atoms. The summed E-state index contributed by atoms with van der Waals surface area (Å²) in [5.41, 5.74) is 0.330. The summed E-state index contributed by atoms with van der Waals surface area (Å²) in [6.07, 6.45) is 0. The quantitative estimate of drug-likeness (QED) is 0.447. The van der Waals surface area contributed by atoms with Crippen LogP contribution < -0.4 is 0 Å². The van der Waals surface area contributed by atoms with Crippen molar-refractivity contribution in [1.82, 2.24) is 4.90 Å². The van der Waals surface area contributed by atoms with Crippen molar-refractivity contribution in [3.63, 3.8) is 0 Å². The monoisotopic (exact) mass is 304 g/mol. The van der Waals surface area contributed by atoms with Crippen LogP contribution in [0.5, 0.6) is 0 Å². The maximum atomic E-state index is 12.3. The lowest BCUT2D eigenvalue weighted by molar-refractivity contribution is -0.384. The molecular formula is C15H16N2O3S. The van der Waals surface area contributed by atoms with Crippen molar-refractivity contribution in [1.29, 1.82) is 0 Å². The zero-order valence-corrected chi connectivity index (χ0v) is 12.5. The van der Waals surface area contributed by atoms with Crippen molar-refractivity contribution in [3.8, 4) is 0 Å². The van der Waals surface area contributed by atoms with Gasteiger partial charge in [0.25, 0.3) is 5.69 Å². The zero-order valence-electron chi connectivity index (χ0n) is 11.7. The number of thiophene rings is 1. The zero-order chi connectivity index (χ0) is 15.2. The highest BCUT2D eigenvalue weighted by molar-refractivity contribution is 7.09. The second-order valence-corrected chi connectivity index (χ2v) is 5.65. The fraction of sp³-hybridized carbons (Fsp3) is 0.267. The molecule has 0 unspecified atom stereocenters. The van der Waals surface area contributed by atoms with Crippen LogP contribution >= 0.6 is 11.3 Å². The summed E-state index contributed by atoms with van der Waals surface area (Å²) in [6, 6.07) is 9.90. The van der Waals surface area contributed by atoms with Crippen molar-refractivity contribution >= 4 is 22.8 Å². The number of carbonyl (C=O) groups is 1. The Morgan fingerprint density at radius 2 is 2.14 bits per heavy atom. The topological polar surface area (TPSA) is 63.5 Å². The lowest BCUT2D eigenvalue weighted by Crippen LogP contribution is -2.29. The first-order valence-electron chi connectivity index (χ1n) is 6.62. The standard InChI is InChI=1S/C15H16N2O3S/c1-2-16(10-14-7-4-8-21-14)11-15(18)12-5-3-6-13(9-12)17(19)20/h3-9H,2,10-11H2,1H3. The van der Waals surface area contributed by atoms with Gasteiger partial charge in [0.2, 0.25) is 0 Å². The van der Waals surface area contributed by atoms with E-state index in [1.54, 1.807) is 23.5 Å². The third-order valence-electron chi connectivity index (χ3n) is 3.15. The van der Waals surface area contributed by atoms with Gasteiger partial charge in [0.15, 0.2) is 5.78 Å². The number of nitro groups is 1. The third kappa shape index (κ3) is 4.21. The molecule has 0 atom stereocenters. The van der Waals surface area contributed by atoms with Crippen LogP contribution in [0.4, 0.5) is 5.69 Å². The molecule has 2 aromatic rings. The molecule has 1 aromatic heterocycles. The smallest absolute Gasteiger partial charge is 0.270 e. The molecule has 0 bridgehead atoms. The van der Waals surface area contributed by atoms with E-state index in [1.165, 1.54) is 17.0 Å². The molecule has 0 N–H and O–H groups in total. The van der Waals surface area contributed by atoms with Crippen LogP contribution in [-0.4, -0.2) is 28.7 Å². The number of benzene rings is 1. The first-order valence-corrected chi connectivity index (χ1v) is 7.50. The van der Waals surface area contributed by atoms with Crippen molar-refractivity contribution in [2.45, 2.75) is 13.5 Å². The van der Waals surface area contributed by atoms with Gasteiger partial charge in [-0.15, -0.1) is 11.3 Å². The number of likely N-dealkylation sites (N-methyl/N-ethyl adjacent to an activating group) is 1. The minimum absolute atomic E-state index is 0.0536. The molecule has 21 heavy (non-hydrogen) atoms. The largest absolute Gasteiger partial charge is 0.293 e. The molecule has 0 fully saturated rings. The number of carbonyl (C=O) groups excluding carboxylic acids is 1. The highest BCUT2D eigenvalue weighted by atomic mass is 32.1. The summed E-state index contributed by atoms with van der Waals surface area (Å²) in [7, 11) is 0. The van der Waals surface area contributed by atoms with E-state index in [0.717, 1.165) is 13.1 Å². The number of nitrogens with zero attached hydrogens (tertiary/aromatic N) is 2. The Hall–Kier alpha value is -2.05. The van der Waals surface area contributed by atoms with Gasteiger partial charge in [-0.25, -0.2) is 0 Å². The van der Waals surface area contributed by atoms with E-state index < -0.39 is 4.92 Å². The van der Waals surface area contributed by atoms with E-state index in [4.69, 9.17) is 0 Å². The fourth-order valence-electron chi connectivity index (χ4n) is 1.99. The first kappa shape index (κ1) is 15.3. The summed E-state index contributed by atoms with van der Waals surface area (Å²) >= 11 is 1.65. The third-order valence-corrected chi connectivity index (χ3v) is 4.01. The normalized spacial score (nSPS) is 10.8. The number of non-ortho nitro benzene ring substituents is 1. The molecule has 1 heterocycles. The predicted octanol–water partition coefficient (Wildman–Crippen LogP) is 3.36. The van der Waals surface area contributed by atoms with Gasteiger partial charge in [-0.3, -0.25) is 19.8 Å². The van der Waals surface area contributed by atoms with E-state index in [2.05, 4.69) is 0 Å². The molecule has 6 heteroatoms. The summed E-state index contributed by atoms with van der Waals surface area (Å²) in [6.45, 7) is 3.72. The lowest BCUT2D eigenvalue weighted by atomic mass is 10.1. The van der Waals surface area contributed by atoms with Crippen LogP contribution in [0.25, 0.3) is 0 Å². The maximum Gasteiger partial charge on any atom is 0.270 e. The second-order valence-electron chi connectivity index (χ2n) is 4.61. The van der Waals surface area contributed by atoms with E-state index >= 15 is 0 Å². The van der Waals surface area contributed by atoms with Crippen LogP contribution in [0.15, 0.2) is 41.8 Å². The molecule has 0 aliphatic carbocycles. The number of Topliss-reactive ketones (excluding diaryl/α,β-unsaturated/α-hetero) is 1. The molecule has 0 saturated heterocycles. The van der Waals surface area contributed by atoms with Gasteiger partial charge >= 0.3 is 0 Å². The molecule has 5 nitrogen and oxygen atoms in total. The minimum Gasteiger partial charge on any atom is -0.293 e. The van der Waals surface area contributed by atoms with Crippen LogP contribution in [0, 0.1) is 10.1 Å². The van der Waals surface area contributed by atoms with Crippen molar-refractivity contribution < 1.29 is 9.72 Å². The van der Waals surface area contributed by atoms with Crippen molar-refractivity contribution in [3.05, 3.63) is 62.3 Å². The summed E-state index contributed by atoms with van der Waals surface area (Å²) in [4.78, 5) is 25.7. The number of ketones is 1. The van der Waals surface area contributed by atoms with Crippen molar-refractivity contribution in [2.75, 3.05) is 13.1 Å². The molecule has 110 valence electrons. The van der Waals surface area contributed by atoms with Crippen LogP contribution in [-0.2, 0) is 6.54 Å². The second kappa shape index (κ2) is 7.10. The lowest BCUT2D eigenvalue weighted by Gasteiger charge is -2.18. The number of rotatable bonds is 7. The molecule has 1 aromatic carbocycles. The Kier molecular flexibility index (Phi) is 5.19. The average molecular weight is 304 g/mol. The van der Waals surface area contributed by atoms with Crippen LogP contribution in [0.2, 0.25) is 0 Å². The predicted molar refractivity (Wildman–Crippen MR) is 82.7 cm³/mol. The first-order chi connectivity index (χ1) is 10.1. The minimum atomic E-state index is -0.486. The summed E-state index contributed by atoms with van der Waals surface area (Å²) < 4.78 is 0. The van der Waals surface area contributed by atoms with Gasteiger partial charge in [0.05, 0.1) is 11.5 Å². The van der Waals surface area contributed by atoms with Gasteiger partial charge < -0.3 is 0 Å². The van der Waals surface area contributed by atoms with E-state index in [0.29, 0.717) is 5.56 Å². The van der Waals surface area contributed by atoms with E-state index in [-0.39, 0.29) is 18.0 Å². The average Bonchev–Trinajstić information content (AvgIpc) is 2.99. The molecular weight excluding hydrogens is 288 g/mol. The fourth-order valence-corrected chi connectivity index (χ4v) is 2.74. The highest BCUT2D eigenvalue weighted by Gasteiger charge is 2.15. The molecule has 2 rings (SSSR count). The van der Waals surface area contributed by atoms with Gasteiger partial charge in [-0.05, 0) is 18.0 Å². The molecule has 0 amide bonds. The SMILES string of the molecule is CCN(CC(=O)c1cccc([N+](=O)[O-])c1)Cc1cccs1. The Morgan fingerprint density at radius 3 is 2.76 bits per heavy atom. The summed E-state index contributed by atoms with van der Waals surface area (Å²) in [5, 5.41) is 12.8. The summed E-state index contributed by atoms with van der Waals surface area (Å²) in [5.74, 6) is -0.0999. The van der Waals surface area contributed by atoms with Gasteiger partial charge in [0, 0.05) is 29.1 Å². The van der Waals surface area contributed by atoms with Gasteiger partial charge in [-0.1, -0.05) is 25.1 Å². The highest BCUT2D eigenvalue weighted by Crippen LogP contribution is 2.15. The Morgan fingerprint density at radius 1 is 1.33 bits per heavy atom. The number of nitro benzene ring substituents is 1. The van der Waals surface area contributed by atoms with Crippen molar-refractivity contribution in [2.24, 2.45) is 0 Å². The molecule has 0 saturated carbocycles. The molecule has 0 aliphatic heterocycles. The number of hydrogen-bond donors (Lipinski definition) is 0. The number of hydrogen-bond acceptors (Lipinski definition) is 5. The Balaban J connectivity index is 2.05. The van der Waals surface area contributed by atoms with E-state index in [1.807, 2.05) is 29.3 Å².